The van der Waals surface area contributed by atoms with Gasteiger partial charge >= 0.3 is 0 Å². The molecule has 0 aliphatic rings. The molecule has 0 radical (unpaired) electrons. The minimum Gasteiger partial charge on any atom is -0.356 e. The third-order valence-corrected chi connectivity index (χ3v) is 3.53. The van der Waals surface area contributed by atoms with Crippen LogP contribution >= 0.6 is 0 Å². The number of Topliss-reactive ketones (excluding diaryl/α,β-unsaturated/α-hetero) is 1. The number of halogens is 1. The summed E-state index contributed by atoms with van der Waals surface area (Å²) in [5.41, 5.74) is 1.53. The minimum atomic E-state index is -0.270. The van der Waals surface area contributed by atoms with Gasteiger partial charge in [-0.3, -0.25) is 9.59 Å². The van der Waals surface area contributed by atoms with Gasteiger partial charge in [0.2, 0.25) is 5.91 Å². The first-order valence-electron chi connectivity index (χ1n) is 7.74. The lowest BCUT2D eigenvalue weighted by Crippen LogP contribution is -2.25. The molecule has 2 rings (SSSR count). The molecule has 1 N–H and O–H groups in total. The van der Waals surface area contributed by atoms with E-state index in [2.05, 4.69) is 5.32 Å². The lowest BCUT2D eigenvalue weighted by Gasteiger charge is -2.05. The van der Waals surface area contributed by atoms with Crippen LogP contribution in [0.25, 0.3) is 0 Å². The molecule has 0 bridgehead atoms. The molecule has 0 aliphatic carbocycles. The summed E-state index contributed by atoms with van der Waals surface area (Å²) in [6.07, 6.45) is 1.80. The van der Waals surface area contributed by atoms with Crippen molar-refractivity contribution in [3.63, 3.8) is 0 Å². The van der Waals surface area contributed by atoms with Gasteiger partial charge in [-0.05, 0) is 30.5 Å². The number of benzene rings is 2. The number of nitrogens with one attached hydrogen (secondary N) is 1. The Morgan fingerprint density at radius 2 is 1.74 bits per heavy atom. The van der Waals surface area contributed by atoms with E-state index in [-0.39, 0.29) is 17.5 Å². The number of carbonyl (C=O) groups is 2. The molecule has 0 unspecified atom stereocenters. The molecule has 0 spiro atoms. The van der Waals surface area contributed by atoms with E-state index >= 15 is 0 Å². The number of carbonyl (C=O) groups excluding carboxylic acids is 2. The predicted octanol–water partition coefficient (Wildman–Crippen LogP) is 3.54. The maximum Gasteiger partial charge on any atom is 0.220 e. The third kappa shape index (κ3) is 6.02. The standard InChI is InChI=1S/C19H20FNO2/c20-17-9-4-6-15(14-17)12-13-21-19(23)11-5-10-18(22)16-7-2-1-3-8-16/h1-4,6-9,14H,5,10-13H2,(H,21,23). The quantitative estimate of drug-likeness (QED) is 0.758. The zero-order valence-electron chi connectivity index (χ0n) is 12.9. The molecule has 4 heteroatoms. The van der Waals surface area contributed by atoms with Crippen LogP contribution in [0, 0.1) is 5.82 Å². The van der Waals surface area contributed by atoms with Crippen molar-refractivity contribution >= 4 is 11.7 Å². The van der Waals surface area contributed by atoms with E-state index in [0.29, 0.717) is 37.8 Å². The predicted molar refractivity (Wildman–Crippen MR) is 87.7 cm³/mol. The Morgan fingerprint density at radius 1 is 0.957 bits per heavy atom. The molecule has 0 saturated carbocycles. The van der Waals surface area contributed by atoms with Crippen molar-refractivity contribution < 1.29 is 14.0 Å². The Balaban J connectivity index is 1.63. The van der Waals surface area contributed by atoms with Gasteiger partial charge in [-0.25, -0.2) is 4.39 Å². The lowest BCUT2D eigenvalue weighted by atomic mass is 10.1. The van der Waals surface area contributed by atoms with Crippen LogP contribution in [0.15, 0.2) is 54.6 Å². The smallest absolute Gasteiger partial charge is 0.220 e. The van der Waals surface area contributed by atoms with E-state index in [1.807, 2.05) is 24.3 Å². The van der Waals surface area contributed by atoms with Crippen LogP contribution in [0.4, 0.5) is 4.39 Å². The molecule has 0 saturated heterocycles. The number of ketones is 1. The molecule has 0 atom stereocenters. The van der Waals surface area contributed by atoms with Gasteiger partial charge in [0.05, 0.1) is 0 Å². The molecule has 0 aliphatic heterocycles. The van der Waals surface area contributed by atoms with Gasteiger partial charge in [0, 0.05) is 24.9 Å². The van der Waals surface area contributed by atoms with Crippen molar-refractivity contribution in [3.8, 4) is 0 Å². The number of amides is 1. The fraction of sp³-hybridized carbons (Fsp3) is 0.263. The monoisotopic (exact) mass is 313 g/mol. The summed E-state index contributed by atoms with van der Waals surface area (Å²) in [7, 11) is 0. The number of hydrogen-bond donors (Lipinski definition) is 1. The Hall–Kier alpha value is -2.49. The van der Waals surface area contributed by atoms with Gasteiger partial charge in [-0.2, -0.15) is 0 Å². The topological polar surface area (TPSA) is 46.2 Å². The maximum absolute atomic E-state index is 13.0. The molecular formula is C19H20FNO2. The van der Waals surface area contributed by atoms with Crippen molar-refractivity contribution in [1.29, 1.82) is 0 Å². The van der Waals surface area contributed by atoms with Gasteiger partial charge in [0.25, 0.3) is 0 Å². The second-order valence-electron chi connectivity index (χ2n) is 5.37. The third-order valence-electron chi connectivity index (χ3n) is 3.53. The Labute approximate surface area is 135 Å². The van der Waals surface area contributed by atoms with E-state index < -0.39 is 0 Å². The zero-order chi connectivity index (χ0) is 16.5. The van der Waals surface area contributed by atoms with Crippen LogP contribution in [0.2, 0.25) is 0 Å². The zero-order valence-corrected chi connectivity index (χ0v) is 12.9. The highest BCUT2D eigenvalue weighted by atomic mass is 19.1. The minimum absolute atomic E-state index is 0.0539. The van der Waals surface area contributed by atoms with Crippen molar-refractivity contribution in [2.75, 3.05) is 6.54 Å². The fourth-order valence-corrected chi connectivity index (χ4v) is 2.31. The van der Waals surface area contributed by atoms with E-state index in [4.69, 9.17) is 0 Å². The lowest BCUT2D eigenvalue weighted by molar-refractivity contribution is -0.121. The highest BCUT2D eigenvalue weighted by Gasteiger charge is 2.07. The van der Waals surface area contributed by atoms with Crippen LogP contribution in [-0.4, -0.2) is 18.2 Å². The first-order valence-corrected chi connectivity index (χ1v) is 7.74. The molecule has 120 valence electrons. The van der Waals surface area contributed by atoms with Gasteiger partial charge < -0.3 is 5.32 Å². The first-order chi connectivity index (χ1) is 11.1. The van der Waals surface area contributed by atoms with Gasteiger partial charge in [0.1, 0.15) is 5.82 Å². The van der Waals surface area contributed by atoms with Gasteiger partial charge in [0.15, 0.2) is 5.78 Å². The summed E-state index contributed by atoms with van der Waals surface area (Å²) in [4.78, 5) is 23.6. The Bertz CT molecular complexity index is 655. The van der Waals surface area contributed by atoms with E-state index in [1.54, 1.807) is 18.2 Å². The Morgan fingerprint density at radius 3 is 2.48 bits per heavy atom. The van der Waals surface area contributed by atoms with Gasteiger partial charge in [-0.15, -0.1) is 0 Å². The summed E-state index contributed by atoms with van der Waals surface area (Å²) in [6, 6.07) is 15.4. The molecule has 3 nitrogen and oxygen atoms in total. The molecule has 23 heavy (non-hydrogen) atoms. The summed E-state index contributed by atoms with van der Waals surface area (Å²) >= 11 is 0. The average molecular weight is 313 g/mol. The van der Waals surface area contributed by atoms with E-state index in [9.17, 15) is 14.0 Å². The van der Waals surface area contributed by atoms with Crippen LogP contribution in [0.3, 0.4) is 0 Å². The SMILES string of the molecule is O=C(CCCC(=O)c1ccccc1)NCCc1cccc(F)c1. The van der Waals surface area contributed by atoms with Crippen LogP contribution in [0.1, 0.15) is 35.2 Å². The van der Waals surface area contributed by atoms with E-state index in [1.165, 1.54) is 12.1 Å². The summed E-state index contributed by atoms with van der Waals surface area (Å²) < 4.78 is 13.0. The molecular weight excluding hydrogens is 293 g/mol. The maximum atomic E-state index is 13.0. The molecule has 2 aromatic rings. The molecule has 1 amide bonds. The first kappa shape index (κ1) is 16.9. The van der Waals surface area contributed by atoms with Crippen molar-refractivity contribution in [2.45, 2.75) is 25.7 Å². The van der Waals surface area contributed by atoms with Crippen molar-refractivity contribution in [3.05, 3.63) is 71.5 Å². The molecule has 2 aromatic carbocycles. The number of hydrogen-bond acceptors (Lipinski definition) is 2. The van der Waals surface area contributed by atoms with E-state index in [0.717, 1.165) is 5.56 Å². The highest BCUT2D eigenvalue weighted by molar-refractivity contribution is 5.96. The Kier molecular flexibility index (Phi) is 6.48. The van der Waals surface area contributed by atoms with Crippen LogP contribution in [-0.2, 0) is 11.2 Å². The highest BCUT2D eigenvalue weighted by Crippen LogP contribution is 2.07. The second kappa shape index (κ2) is 8.83. The molecule has 0 aromatic heterocycles. The number of rotatable bonds is 8. The summed E-state index contributed by atoms with van der Waals surface area (Å²) in [6.45, 7) is 0.467. The van der Waals surface area contributed by atoms with Crippen molar-refractivity contribution in [2.24, 2.45) is 0 Å². The van der Waals surface area contributed by atoms with Gasteiger partial charge in [-0.1, -0.05) is 42.5 Å². The normalized spacial score (nSPS) is 10.3. The largest absolute Gasteiger partial charge is 0.356 e. The fourth-order valence-electron chi connectivity index (χ4n) is 2.31. The molecule has 0 heterocycles. The van der Waals surface area contributed by atoms with Crippen LogP contribution in [0.5, 0.6) is 0 Å². The molecule has 0 fully saturated rings. The summed E-state index contributed by atoms with van der Waals surface area (Å²) in [5.74, 6) is -0.298. The van der Waals surface area contributed by atoms with Crippen molar-refractivity contribution in [1.82, 2.24) is 5.32 Å². The second-order valence-corrected chi connectivity index (χ2v) is 5.37. The average Bonchev–Trinajstić information content (AvgIpc) is 2.55. The summed E-state index contributed by atoms with van der Waals surface area (Å²) in [5, 5.41) is 2.79. The van der Waals surface area contributed by atoms with Crippen LogP contribution < -0.4 is 5.32 Å².